The molecular weight excluding hydrogens is 206 g/mol. The number of carboxylic acid groups (broad SMARTS) is 1. The van der Waals surface area contributed by atoms with Crippen molar-refractivity contribution in [2.75, 3.05) is 0 Å². The maximum absolute atomic E-state index is 12.0. The second-order valence-electron chi connectivity index (χ2n) is 4.29. The van der Waals surface area contributed by atoms with E-state index >= 15 is 0 Å². The molecule has 1 aromatic heterocycles. The molecule has 0 saturated heterocycles. The van der Waals surface area contributed by atoms with Gasteiger partial charge in [0, 0.05) is 18.3 Å². The number of nitrogens with zero attached hydrogens (tertiary/aromatic N) is 1. The van der Waals surface area contributed by atoms with E-state index in [0.717, 1.165) is 25.7 Å². The molecular formula is C12H15NO3. The van der Waals surface area contributed by atoms with Crippen LogP contribution in [-0.4, -0.2) is 21.6 Å². The lowest BCUT2D eigenvalue weighted by Gasteiger charge is -2.20. The van der Waals surface area contributed by atoms with Crippen LogP contribution >= 0.6 is 0 Å². The predicted octanol–water partition coefficient (Wildman–Crippen LogP) is 2.41. The Bertz CT molecular complexity index is 402. The van der Waals surface area contributed by atoms with E-state index in [1.807, 2.05) is 0 Å². The predicted molar refractivity (Wildman–Crippen MR) is 58.6 cm³/mol. The van der Waals surface area contributed by atoms with Crippen LogP contribution < -0.4 is 0 Å². The van der Waals surface area contributed by atoms with E-state index in [1.165, 1.54) is 23.3 Å². The van der Waals surface area contributed by atoms with Crippen molar-refractivity contribution in [1.82, 2.24) is 4.57 Å². The molecule has 86 valence electrons. The summed E-state index contributed by atoms with van der Waals surface area (Å²) in [6.07, 6.45) is 8.21. The third-order valence-electron chi connectivity index (χ3n) is 3.15. The molecule has 0 spiro atoms. The highest BCUT2D eigenvalue weighted by Gasteiger charge is 2.22. The normalized spacial score (nSPS) is 17.2. The van der Waals surface area contributed by atoms with Gasteiger partial charge >= 0.3 is 5.97 Å². The summed E-state index contributed by atoms with van der Waals surface area (Å²) in [6, 6.07) is 1.46. The Morgan fingerprint density at radius 2 is 1.94 bits per heavy atom. The topological polar surface area (TPSA) is 59.3 Å². The van der Waals surface area contributed by atoms with E-state index in [1.54, 1.807) is 6.20 Å². The van der Waals surface area contributed by atoms with Crippen molar-refractivity contribution in [2.45, 2.75) is 32.1 Å². The lowest BCUT2D eigenvalue weighted by atomic mass is 9.88. The van der Waals surface area contributed by atoms with Gasteiger partial charge in [-0.05, 0) is 18.9 Å². The summed E-state index contributed by atoms with van der Waals surface area (Å²) in [6.45, 7) is 0. The van der Waals surface area contributed by atoms with Crippen molar-refractivity contribution in [2.24, 2.45) is 5.92 Å². The average Bonchev–Trinajstić information content (AvgIpc) is 2.78. The second-order valence-corrected chi connectivity index (χ2v) is 4.29. The summed E-state index contributed by atoms with van der Waals surface area (Å²) >= 11 is 0. The molecule has 0 atom stereocenters. The van der Waals surface area contributed by atoms with Crippen LogP contribution in [0.25, 0.3) is 0 Å². The van der Waals surface area contributed by atoms with E-state index in [0.29, 0.717) is 0 Å². The number of hydrogen-bond donors (Lipinski definition) is 1. The first-order valence-corrected chi connectivity index (χ1v) is 5.64. The number of hydrogen-bond acceptors (Lipinski definition) is 2. The molecule has 0 aromatic carbocycles. The van der Waals surface area contributed by atoms with Crippen molar-refractivity contribution in [1.29, 1.82) is 0 Å². The number of aromatic nitrogens is 1. The molecule has 1 aliphatic carbocycles. The van der Waals surface area contributed by atoms with Gasteiger partial charge in [-0.2, -0.15) is 0 Å². The molecule has 0 amide bonds. The molecule has 1 heterocycles. The Labute approximate surface area is 93.9 Å². The van der Waals surface area contributed by atoms with Gasteiger partial charge in [-0.3, -0.25) is 9.36 Å². The zero-order valence-corrected chi connectivity index (χ0v) is 9.06. The summed E-state index contributed by atoms with van der Waals surface area (Å²) in [7, 11) is 0. The Kier molecular flexibility index (Phi) is 3.08. The molecule has 1 fully saturated rings. The van der Waals surface area contributed by atoms with Crippen LogP contribution in [0.3, 0.4) is 0 Å². The molecule has 4 heteroatoms. The van der Waals surface area contributed by atoms with Crippen LogP contribution in [0.4, 0.5) is 0 Å². The lowest BCUT2D eigenvalue weighted by Crippen LogP contribution is -2.22. The van der Waals surface area contributed by atoms with Crippen LogP contribution in [-0.2, 0) is 0 Å². The molecule has 16 heavy (non-hydrogen) atoms. The fourth-order valence-electron chi connectivity index (χ4n) is 2.22. The summed E-state index contributed by atoms with van der Waals surface area (Å²) in [4.78, 5) is 22.7. The standard InChI is InChI=1S/C12H15NO3/c14-11(9-4-2-1-3-5-9)13-7-6-10(8-13)12(15)16/h6-9H,1-5H2,(H,15,16). The van der Waals surface area contributed by atoms with Gasteiger partial charge in [0.05, 0.1) is 5.56 Å². The van der Waals surface area contributed by atoms with Gasteiger partial charge in [-0.25, -0.2) is 4.79 Å². The molecule has 4 nitrogen and oxygen atoms in total. The van der Waals surface area contributed by atoms with Crippen LogP contribution in [0.15, 0.2) is 18.5 Å². The summed E-state index contributed by atoms with van der Waals surface area (Å²) in [5.74, 6) is -0.884. The molecule has 1 aliphatic rings. The first kappa shape index (κ1) is 10.9. The van der Waals surface area contributed by atoms with Gasteiger partial charge in [-0.15, -0.1) is 0 Å². The van der Waals surface area contributed by atoms with E-state index in [4.69, 9.17) is 5.11 Å². The minimum absolute atomic E-state index is 0.0344. The average molecular weight is 221 g/mol. The number of carboxylic acids is 1. The monoisotopic (exact) mass is 221 g/mol. The Morgan fingerprint density at radius 3 is 2.50 bits per heavy atom. The highest BCUT2D eigenvalue weighted by molar-refractivity contribution is 5.89. The van der Waals surface area contributed by atoms with Crippen molar-refractivity contribution in [3.8, 4) is 0 Å². The number of carbonyl (C=O) groups excluding carboxylic acids is 1. The van der Waals surface area contributed by atoms with E-state index < -0.39 is 5.97 Å². The van der Waals surface area contributed by atoms with Crippen LogP contribution in [0.1, 0.15) is 47.3 Å². The highest BCUT2D eigenvalue weighted by atomic mass is 16.4. The minimum atomic E-state index is -0.991. The fraction of sp³-hybridized carbons (Fsp3) is 0.500. The van der Waals surface area contributed by atoms with Gasteiger partial charge in [0.1, 0.15) is 0 Å². The van der Waals surface area contributed by atoms with Crippen molar-refractivity contribution < 1.29 is 14.7 Å². The number of rotatable bonds is 2. The summed E-state index contributed by atoms with van der Waals surface area (Å²) < 4.78 is 1.42. The first-order valence-electron chi connectivity index (χ1n) is 5.64. The van der Waals surface area contributed by atoms with Gasteiger partial charge in [0.15, 0.2) is 0 Å². The van der Waals surface area contributed by atoms with Gasteiger partial charge < -0.3 is 5.11 Å². The Hall–Kier alpha value is -1.58. The summed E-state index contributed by atoms with van der Waals surface area (Å²) in [5.41, 5.74) is 0.171. The summed E-state index contributed by atoms with van der Waals surface area (Å²) in [5, 5.41) is 8.77. The van der Waals surface area contributed by atoms with Crippen LogP contribution in [0.5, 0.6) is 0 Å². The Morgan fingerprint density at radius 1 is 1.25 bits per heavy atom. The smallest absolute Gasteiger partial charge is 0.337 e. The first-order chi connectivity index (χ1) is 7.68. The quantitative estimate of drug-likeness (QED) is 0.834. The van der Waals surface area contributed by atoms with E-state index in [-0.39, 0.29) is 17.4 Å². The molecule has 2 rings (SSSR count). The lowest BCUT2D eigenvalue weighted by molar-refractivity contribution is 0.0697. The third kappa shape index (κ3) is 2.15. The molecule has 0 radical (unpaired) electrons. The van der Waals surface area contributed by atoms with Crippen molar-refractivity contribution in [3.05, 3.63) is 24.0 Å². The Balaban J connectivity index is 2.10. The molecule has 1 saturated carbocycles. The fourth-order valence-corrected chi connectivity index (χ4v) is 2.22. The zero-order valence-electron chi connectivity index (χ0n) is 9.06. The number of carbonyl (C=O) groups is 2. The molecule has 0 unspecified atom stereocenters. The van der Waals surface area contributed by atoms with Crippen molar-refractivity contribution >= 4 is 11.9 Å². The number of aromatic carboxylic acids is 1. The largest absolute Gasteiger partial charge is 0.478 e. The zero-order chi connectivity index (χ0) is 11.5. The maximum atomic E-state index is 12.0. The second kappa shape index (κ2) is 4.51. The molecule has 0 aliphatic heterocycles. The van der Waals surface area contributed by atoms with Gasteiger partial charge in [-0.1, -0.05) is 19.3 Å². The molecule has 1 N–H and O–H groups in total. The minimum Gasteiger partial charge on any atom is -0.478 e. The van der Waals surface area contributed by atoms with Gasteiger partial charge in [0.25, 0.3) is 0 Å². The third-order valence-corrected chi connectivity index (χ3v) is 3.15. The van der Waals surface area contributed by atoms with Crippen LogP contribution in [0, 0.1) is 5.92 Å². The van der Waals surface area contributed by atoms with Crippen molar-refractivity contribution in [3.63, 3.8) is 0 Å². The van der Waals surface area contributed by atoms with E-state index in [2.05, 4.69) is 0 Å². The highest BCUT2D eigenvalue weighted by Crippen LogP contribution is 2.25. The molecule has 1 aromatic rings. The van der Waals surface area contributed by atoms with E-state index in [9.17, 15) is 9.59 Å². The molecule has 0 bridgehead atoms. The van der Waals surface area contributed by atoms with Crippen LogP contribution in [0.2, 0.25) is 0 Å². The van der Waals surface area contributed by atoms with Gasteiger partial charge in [0.2, 0.25) is 5.91 Å². The SMILES string of the molecule is O=C(O)c1ccn(C(=O)C2CCCCC2)c1. The maximum Gasteiger partial charge on any atom is 0.337 e.